The summed E-state index contributed by atoms with van der Waals surface area (Å²) in [5.41, 5.74) is 0. The highest BCUT2D eigenvalue weighted by atomic mass is 32.2. The molecule has 0 rings (SSSR count). The maximum absolute atomic E-state index is 11.3. The quantitative estimate of drug-likeness (QED) is 0.623. The molecule has 0 aliphatic rings. The molecule has 0 saturated heterocycles. The van der Waals surface area contributed by atoms with E-state index in [2.05, 4.69) is 0 Å². The summed E-state index contributed by atoms with van der Waals surface area (Å²) < 4.78 is -0.0964. The Morgan fingerprint density at radius 1 is 1.25 bits per heavy atom. The molecule has 0 radical (unpaired) electrons. The third-order valence-corrected chi connectivity index (χ3v) is 2.54. The number of thioether (sulfide) groups is 1. The Balaban J connectivity index is 4.15. The van der Waals surface area contributed by atoms with E-state index in [0.717, 1.165) is 0 Å². The van der Waals surface area contributed by atoms with E-state index in [0.29, 0.717) is 0 Å². The Labute approximate surface area is 78.1 Å². The van der Waals surface area contributed by atoms with Crippen molar-refractivity contribution in [3.8, 4) is 0 Å². The molecule has 0 saturated carbocycles. The number of Topliss-reactive ketones (excluding diaryl/α,β-unsaturated/α-hetero) is 1. The molecule has 3 heteroatoms. The summed E-state index contributed by atoms with van der Waals surface area (Å²) in [6, 6.07) is 0. The van der Waals surface area contributed by atoms with Crippen LogP contribution in [0, 0.1) is 5.92 Å². The van der Waals surface area contributed by atoms with Crippen LogP contribution in [0.3, 0.4) is 0 Å². The summed E-state index contributed by atoms with van der Waals surface area (Å²) in [5, 5.41) is -0.0324. The Morgan fingerprint density at radius 2 is 1.67 bits per heavy atom. The van der Waals surface area contributed by atoms with Crippen molar-refractivity contribution in [3.63, 3.8) is 0 Å². The largest absolute Gasteiger partial charge is 0.299 e. The van der Waals surface area contributed by atoms with Crippen molar-refractivity contribution < 1.29 is 9.59 Å². The summed E-state index contributed by atoms with van der Waals surface area (Å²) in [6.07, 6.45) is 0. The zero-order chi connectivity index (χ0) is 9.94. The lowest BCUT2D eigenvalue weighted by Gasteiger charge is -2.17. The normalized spacial score (nSPS) is 14.1. The van der Waals surface area contributed by atoms with Gasteiger partial charge in [-0.25, -0.2) is 0 Å². The van der Waals surface area contributed by atoms with Crippen LogP contribution in [0.4, 0.5) is 0 Å². The van der Waals surface area contributed by atoms with Gasteiger partial charge in [-0.1, -0.05) is 32.5 Å². The van der Waals surface area contributed by atoms with Gasteiger partial charge in [0.15, 0.2) is 5.12 Å². The van der Waals surface area contributed by atoms with Gasteiger partial charge < -0.3 is 0 Å². The number of carbonyl (C=O) groups is 2. The predicted octanol–water partition coefficient (Wildman–Crippen LogP) is 2.27. The molecule has 1 unspecified atom stereocenters. The molecule has 12 heavy (non-hydrogen) atoms. The maximum Gasteiger partial charge on any atom is 0.199 e. The van der Waals surface area contributed by atoms with Crippen molar-refractivity contribution in [2.24, 2.45) is 5.92 Å². The molecule has 0 fully saturated rings. The lowest BCUT2D eigenvalue weighted by molar-refractivity contribution is -0.126. The predicted molar refractivity (Wildman–Crippen MR) is 52.2 cm³/mol. The topological polar surface area (TPSA) is 34.1 Å². The highest BCUT2D eigenvalue weighted by molar-refractivity contribution is 8.14. The van der Waals surface area contributed by atoms with Crippen molar-refractivity contribution in [2.45, 2.75) is 39.4 Å². The Kier molecular flexibility index (Phi) is 3.97. The zero-order valence-corrected chi connectivity index (χ0v) is 9.12. The van der Waals surface area contributed by atoms with Crippen molar-refractivity contribution >= 4 is 22.7 Å². The van der Waals surface area contributed by atoms with Crippen LogP contribution in [0.15, 0.2) is 0 Å². The fourth-order valence-electron chi connectivity index (χ4n) is 0.556. The van der Waals surface area contributed by atoms with E-state index in [1.807, 2.05) is 20.8 Å². The van der Waals surface area contributed by atoms with Crippen LogP contribution in [-0.4, -0.2) is 15.6 Å². The molecule has 0 N–H and O–H groups in total. The highest BCUT2D eigenvalue weighted by Gasteiger charge is 2.23. The minimum absolute atomic E-state index is 0.0324. The van der Waals surface area contributed by atoms with Crippen molar-refractivity contribution in [2.75, 3.05) is 0 Å². The summed E-state index contributed by atoms with van der Waals surface area (Å²) in [4.78, 5) is 22.2. The maximum atomic E-state index is 11.3. The van der Waals surface area contributed by atoms with Gasteiger partial charge >= 0.3 is 0 Å². The van der Waals surface area contributed by atoms with Gasteiger partial charge in [0.2, 0.25) is 0 Å². The zero-order valence-electron chi connectivity index (χ0n) is 8.30. The lowest BCUT2D eigenvalue weighted by Crippen LogP contribution is -2.21. The standard InChI is InChI=1S/C9H16O2S/c1-6(7(2)10)8(11)12-9(3,4)5/h6H,1-5H3. The van der Waals surface area contributed by atoms with Crippen molar-refractivity contribution in [3.05, 3.63) is 0 Å². The van der Waals surface area contributed by atoms with Crippen LogP contribution in [0.1, 0.15) is 34.6 Å². The summed E-state index contributed by atoms with van der Waals surface area (Å²) in [6.45, 7) is 8.99. The average molecular weight is 188 g/mol. The summed E-state index contributed by atoms with van der Waals surface area (Å²) in [5.74, 6) is -0.522. The first kappa shape index (κ1) is 11.7. The van der Waals surface area contributed by atoms with E-state index >= 15 is 0 Å². The Bertz CT molecular complexity index is 191. The second-order valence-electron chi connectivity index (χ2n) is 3.87. The SMILES string of the molecule is CC(=O)C(C)C(=O)SC(C)(C)C. The minimum Gasteiger partial charge on any atom is -0.299 e. The third kappa shape index (κ3) is 4.54. The van der Waals surface area contributed by atoms with Crippen LogP contribution in [0.5, 0.6) is 0 Å². The lowest BCUT2D eigenvalue weighted by atomic mass is 10.1. The molecule has 0 aliphatic heterocycles. The van der Waals surface area contributed by atoms with E-state index in [9.17, 15) is 9.59 Å². The van der Waals surface area contributed by atoms with E-state index in [1.165, 1.54) is 18.7 Å². The van der Waals surface area contributed by atoms with Gasteiger partial charge in [-0.2, -0.15) is 0 Å². The van der Waals surface area contributed by atoms with Crippen LogP contribution >= 0.6 is 11.8 Å². The first-order chi connectivity index (χ1) is 5.24. The third-order valence-electron chi connectivity index (χ3n) is 1.37. The van der Waals surface area contributed by atoms with E-state index in [-0.39, 0.29) is 15.6 Å². The first-order valence-corrected chi connectivity index (χ1v) is 4.79. The van der Waals surface area contributed by atoms with Crippen molar-refractivity contribution in [1.29, 1.82) is 0 Å². The number of hydrogen-bond donors (Lipinski definition) is 0. The fraction of sp³-hybridized carbons (Fsp3) is 0.778. The number of hydrogen-bond acceptors (Lipinski definition) is 3. The van der Waals surface area contributed by atoms with Gasteiger partial charge in [0, 0.05) is 4.75 Å². The molecule has 0 spiro atoms. The fourth-order valence-corrected chi connectivity index (χ4v) is 1.50. The minimum atomic E-state index is -0.464. The molecular formula is C9H16O2S. The van der Waals surface area contributed by atoms with Crippen LogP contribution in [0.2, 0.25) is 0 Å². The van der Waals surface area contributed by atoms with E-state index in [1.54, 1.807) is 6.92 Å². The van der Waals surface area contributed by atoms with Gasteiger partial charge in [0.05, 0.1) is 5.92 Å². The monoisotopic (exact) mass is 188 g/mol. The molecule has 0 heterocycles. The van der Waals surface area contributed by atoms with E-state index in [4.69, 9.17) is 0 Å². The van der Waals surface area contributed by atoms with Crippen molar-refractivity contribution in [1.82, 2.24) is 0 Å². The molecule has 2 nitrogen and oxygen atoms in total. The van der Waals surface area contributed by atoms with Gasteiger partial charge in [-0.3, -0.25) is 9.59 Å². The average Bonchev–Trinajstić information content (AvgIpc) is 1.82. The number of ketones is 1. The van der Waals surface area contributed by atoms with Gasteiger partial charge in [-0.15, -0.1) is 0 Å². The van der Waals surface area contributed by atoms with Crippen LogP contribution in [-0.2, 0) is 9.59 Å². The van der Waals surface area contributed by atoms with Gasteiger partial charge in [0.25, 0.3) is 0 Å². The molecule has 0 aromatic rings. The molecule has 0 aromatic heterocycles. The highest BCUT2D eigenvalue weighted by Crippen LogP contribution is 2.26. The van der Waals surface area contributed by atoms with Gasteiger partial charge in [0.1, 0.15) is 5.78 Å². The molecule has 1 atom stereocenters. The first-order valence-electron chi connectivity index (χ1n) is 3.97. The molecule has 0 bridgehead atoms. The van der Waals surface area contributed by atoms with E-state index < -0.39 is 5.92 Å². The molecule has 0 amide bonds. The summed E-state index contributed by atoms with van der Waals surface area (Å²) in [7, 11) is 0. The molecular weight excluding hydrogens is 172 g/mol. The number of rotatable bonds is 2. The Morgan fingerprint density at radius 3 is 1.92 bits per heavy atom. The second kappa shape index (κ2) is 4.08. The smallest absolute Gasteiger partial charge is 0.199 e. The van der Waals surface area contributed by atoms with Crippen LogP contribution < -0.4 is 0 Å². The molecule has 70 valence electrons. The Hall–Kier alpha value is -0.310. The van der Waals surface area contributed by atoms with Crippen LogP contribution in [0.25, 0.3) is 0 Å². The second-order valence-corrected chi connectivity index (χ2v) is 5.70. The number of carbonyl (C=O) groups excluding carboxylic acids is 2. The molecule has 0 aliphatic carbocycles. The summed E-state index contributed by atoms with van der Waals surface area (Å²) >= 11 is 1.23. The van der Waals surface area contributed by atoms with Gasteiger partial charge in [-0.05, 0) is 13.8 Å². The molecule has 0 aromatic carbocycles.